The van der Waals surface area contributed by atoms with Crippen molar-refractivity contribution >= 4 is 5.91 Å². The third-order valence-electron chi connectivity index (χ3n) is 3.62. The number of benzene rings is 1. The Balaban J connectivity index is 1.72. The molecular weight excluding hydrogens is 256 g/mol. The van der Waals surface area contributed by atoms with E-state index in [-0.39, 0.29) is 5.91 Å². The minimum atomic E-state index is 0.132. The van der Waals surface area contributed by atoms with E-state index in [0.29, 0.717) is 19.1 Å². The molecule has 1 heterocycles. The highest BCUT2D eigenvalue weighted by atomic mass is 16.5. The van der Waals surface area contributed by atoms with Gasteiger partial charge >= 0.3 is 0 Å². The summed E-state index contributed by atoms with van der Waals surface area (Å²) in [6, 6.07) is 7.69. The van der Waals surface area contributed by atoms with Crippen LogP contribution in [0.2, 0.25) is 0 Å². The second-order valence-electron chi connectivity index (χ2n) is 4.93. The molecule has 5 nitrogen and oxygen atoms in total. The second kappa shape index (κ2) is 7.14. The van der Waals surface area contributed by atoms with Crippen molar-refractivity contribution in [2.24, 2.45) is 0 Å². The molecule has 2 rings (SSSR count). The lowest BCUT2D eigenvalue weighted by Crippen LogP contribution is -2.38. The molecule has 0 radical (unpaired) electrons. The normalized spacial score (nSPS) is 17.8. The molecule has 1 amide bonds. The van der Waals surface area contributed by atoms with E-state index in [0.717, 1.165) is 31.0 Å². The van der Waals surface area contributed by atoms with E-state index in [2.05, 4.69) is 5.32 Å². The second-order valence-corrected chi connectivity index (χ2v) is 4.93. The number of amides is 1. The number of hydrogen-bond donors (Lipinski definition) is 1. The molecule has 1 aromatic rings. The Kier molecular flexibility index (Phi) is 5.24. The van der Waals surface area contributed by atoms with Crippen LogP contribution in [0.3, 0.4) is 0 Å². The third kappa shape index (κ3) is 3.87. The maximum atomic E-state index is 12.0. The van der Waals surface area contributed by atoms with Crippen molar-refractivity contribution in [3.05, 3.63) is 24.3 Å². The molecule has 1 aromatic carbocycles. The van der Waals surface area contributed by atoms with Gasteiger partial charge < -0.3 is 19.7 Å². The van der Waals surface area contributed by atoms with Crippen molar-refractivity contribution in [3.63, 3.8) is 0 Å². The number of nitrogens with zero attached hydrogens (tertiary/aromatic N) is 1. The lowest BCUT2D eigenvalue weighted by Gasteiger charge is -2.23. The minimum Gasteiger partial charge on any atom is -0.497 e. The average molecular weight is 278 g/mol. The van der Waals surface area contributed by atoms with E-state index in [1.807, 2.05) is 36.2 Å². The van der Waals surface area contributed by atoms with Gasteiger partial charge in [0.15, 0.2) is 0 Å². The first-order valence-electron chi connectivity index (χ1n) is 6.94. The Morgan fingerprint density at radius 2 is 2.05 bits per heavy atom. The summed E-state index contributed by atoms with van der Waals surface area (Å²) in [7, 11) is 3.50. The van der Waals surface area contributed by atoms with Crippen LogP contribution >= 0.6 is 0 Å². The molecule has 0 saturated carbocycles. The van der Waals surface area contributed by atoms with Crippen LogP contribution in [-0.2, 0) is 4.79 Å². The number of likely N-dealkylation sites (N-methyl/N-ethyl adjacent to an activating group) is 1. The van der Waals surface area contributed by atoms with Crippen LogP contribution in [0.4, 0.5) is 0 Å². The summed E-state index contributed by atoms with van der Waals surface area (Å²) in [5.41, 5.74) is 0. The summed E-state index contributed by atoms with van der Waals surface area (Å²) in [5, 5.41) is 3.26. The van der Waals surface area contributed by atoms with E-state index in [1.54, 1.807) is 7.11 Å². The predicted molar refractivity (Wildman–Crippen MR) is 77.2 cm³/mol. The van der Waals surface area contributed by atoms with Crippen LogP contribution in [0.25, 0.3) is 0 Å². The number of rotatable bonds is 6. The van der Waals surface area contributed by atoms with Crippen LogP contribution in [0.5, 0.6) is 11.5 Å². The summed E-state index contributed by atoms with van der Waals surface area (Å²) in [4.78, 5) is 13.8. The molecular formula is C15H22N2O3. The molecule has 1 fully saturated rings. The topological polar surface area (TPSA) is 50.8 Å². The SMILES string of the molecule is COc1ccc(OCCC(=O)N(C)C2CCNC2)cc1. The first kappa shape index (κ1) is 14.7. The molecule has 0 aromatic heterocycles. The van der Waals surface area contributed by atoms with Crippen molar-refractivity contribution < 1.29 is 14.3 Å². The van der Waals surface area contributed by atoms with Gasteiger partial charge in [0.1, 0.15) is 11.5 Å². The largest absolute Gasteiger partial charge is 0.497 e. The maximum Gasteiger partial charge on any atom is 0.226 e. The molecule has 5 heteroatoms. The molecule has 0 spiro atoms. The third-order valence-corrected chi connectivity index (χ3v) is 3.62. The molecule has 0 bridgehead atoms. The zero-order valence-corrected chi connectivity index (χ0v) is 12.1. The fourth-order valence-electron chi connectivity index (χ4n) is 2.28. The van der Waals surface area contributed by atoms with E-state index in [1.165, 1.54) is 0 Å². The van der Waals surface area contributed by atoms with Crippen molar-refractivity contribution in [2.45, 2.75) is 18.9 Å². The number of nitrogens with one attached hydrogen (secondary N) is 1. The highest BCUT2D eigenvalue weighted by Crippen LogP contribution is 2.17. The highest BCUT2D eigenvalue weighted by molar-refractivity contribution is 5.76. The van der Waals surface area contributed by atoms with Crippen LogP contribution in [0, 0.1) is 0 Å². The molecule has 1 atom stereocenters. The fraction of sp³-hybridized carbons (Fsp3) is 0.533. The molecule has 1 aliphatic rings. The van der Waals surface area contributed by atoms with E-state index in [4.69, 9.17) is 9.47 Å². The molecule has 1 saturated heterocycles. The lowest BCUT2D eigenvalue weighted by atomic mass is 10.2. The Labute approximate surface area is 119 Å². The molecule has 20 heavy (non-hydrogen) atoms. The van der Waals surface area contributed by atoms with Crippen LogP contribution in [0.15, 0.2) is 24.3 Å². The predicted octanol–water partition coefficient (Wildman–Crippen LogP) is 1.28. The number of methoxy groups -OCH3 is 1. The van der Waals surface area contributed by atoms with Crippen molar-refractivity contribution in [1.29, 1.82) is 0 Å². The Morgan fingerprint density at radius 1 is 1.35 bits per heavy atom. The van der Waals surface area contributed by atoms with Gasteiger partial charge in [-0.1, -0.05) is 0 Å². The van der Waals surface area contributed by atoms with Gasteiger partial charge in [-0.25, -0.2) is 0 Å². The molecule has 0 aliphatic carbocycles. The summed E-state index contributed by atoms with van der Waals surface area (Å²) in [5.74, 6) is 1.68. The van der Waals surface area contributed by atoms with Crippen LogP contribution < -0.4 is 14.8 Å². The van der Waals surface area contributed by atoms with Crippen molar-refractivity contribution in [1.82, 2.24) is 10.2 Å². The number of ether oxygens (including phenoxy) is 2. The number of hydrogen-bond acceptors (Lipinski definition) is 4. The number of carbonyl (C=O) groups is 1. The van der Waals surface area contributed by atoms with E-state index < -0.39 is 0 Å². The van der Waals surface area contributed by atoms with Gasteiger partial charge in [0, 0.05) is 19.6 Å². The smallest absolute Gasteiger partial charge is 0.226 e. The maximum absolute atomic E-state index is 12.0. The zero-order chi connectivity index (χ0) is 14.4. The summed E-state index contributed by atoms with van der Waals surface area (Å²) in [6.07, 6.45) is 1.43. The van der Waals surface area contributed by atoms with Crippen molar-refractivity contribution in [3.8, 4) is 11.5 Å². The minimum absolute atomic E-state index is 0.132. The van der Waals surface area contributed by atoms with Gasteiger partial charge in [-0.2, -0.15) is 0 Å². The lowest BCUT2D eigenvalue weighted by molar-refractivity contribution is -0.132. The summed E-state index contributed by atoms with van der Waals surface area (Å²) in [6.45, 7) is 2.28. The molecule has 110 valence electrons. The van der Waals surface area contributed by atoms with Gasteiger partial charge in [0.25, 0.3) is 0 Å². The first-order chi connectivity index (χ1) is 9.70. The summed E-state index contributed by atoms with van der Waals surface area (Å²) < 4.78 is 10.6. The Morgan fingerprint density at radius 3 is 2.65 bits per heavy atom. The van der Waals surface area contributed by atoms with Gasteiger partial charge in [-0.05, 0) is 37.2 Å². The van der Waals surface area contributed by atoms with Gasteiger partial charge in [-0.15, -0.1) is 0 Å². The first-order valence-corrected chi connectivity index (χ1v) is 6.94. The van der Waals surface area contributed by atoms with Gasteiger partial charge in [-0.3, -0.25) is 4.79 Å². The van der Waals surface area contributed by atoms with Crippen LogP contribution in [-0.4, -0.2) is 50.7 Å². The quantitative estimate of drug-likeness (QED) is 0.852. The van der Waals surface area contributed by atoms with Gasteiger partial charge in [0.05, 0.1) is 20.1 Å². The van der Waals surface area contributed by atoms with Crippen molar-refractivity contribution in [2.75, 3.05) is 33.9 Å². The zero-order valence-electron chi connectivity index (χ0n) is 12.1. The number of carbonyl (C=O) groups excluding carboxylic acids is 1. The molecule has 1 N–H and O–H groups in total. The summed E-state index contributed by atoms with van der Waals surface area (Å²) >= 11 is 0. The molecule has 1 aliphatic heterocycles. The average Bonchev–Trinajstić information content (AvgIpc) is 3.01. The highest BCUT2D eigenvalue weighted by Gasteiger charge is 2.22. The van der Waals surface area contributed by atoms with E-state index >= 15 is 0 Å². The monoisotopic (exact) mass is 278 g/mol. The Hall–Kier alpha value is -1.75. The fourth-order valence-corrected chi connectivity index (χ4v) is 2.28. The standard InChI is InChI=1S/C15H22N2O3/c1-17(12-7-9-16-11-12)15(18)8-10-20-14-5-3-13(19-2)4-6-14/h3-6,12,16H,7-11H2,1-2H3. The molecule has 1 unspecified atom stereocenters. The van der Waals surface area contributed by atoms with E-state index in [9.17, 15) is 4.79 Å². The Bertz CT molecular complexity index is 427. The van der Waals surface area contributed by atoms with Crippen LogP contribution in [0.1, 0.15) is 12.8 Å². The van der Waals surface area contributed by atoms with Gasteiger partial charge in [0.2, 0.25) is 5.91 Å².